The molecule has 0 spiro atoms. The van der Waals surface area contributed by atoms with E-state index < -0.39 is 17.8 Å². The third-order valence-electron chi connectivity index (χ3n) is 4.99. The Balaban J connectivity index is 1.63. The standard InChI is InChI=1S/C23H18N4O3/c1-30-23(29)17-5-2-9-20-21(17)15(13-26-20)11-14(12-24)22(28)27-19-8-3-7-18-16(19)6-4-10-25-18/h2-10,13-14,26H,11H2,1H3,(H,27,28). The number of aromatic nitrogens is 2. The van der Waals surface area contributed by atoms with E-state index in [2.05, 4.69) is 21.4 Å². The number of hydrogen-bond donors (Lipinski definition) is 2. The largest absolute Gasteiger partial charge is 0.465 e. The number of aromatic amines is 1. The van der Waals surface area contributed by atoms with Crippen LogP contribution in [0.3, 0.4) is 0 Å². The number of nitriles is 1. The summed E-state index contributed by atoms with van der Waals surface area (Å²) < 4.78 is 4.86. The number of benzene rings is 2. The molecule has 0 bridgehead atoms. The molecule has 2 heterocycles. The second-order valence-electron chi connectivity index (χ2n) is 6.78. The topological polar surface area (TPSA) is 108 Å². The normalized spacial score (nSPS) is 11.7. The Morgan fingerprint density at radius 1 is 1.20 bits per heavy atom. The van der Waals surface area contributed by atoms with Gasteiger partial charge in [0.05, 0.1) is 29.9 Å². The molecular weight excluding hydrogens is 380 g/mol. The van der Waals surface area contributed by atoms with Gasteiger partial charge in [-0.3, -0.25) is 9.78 Å². The molecule has 2 aromatic heterocycles. The van der Waals surface area contributed by atoms with Gasteiger partial charge in [-0.05, 0) is 48.4 Å². The minimum absolute atomic E-state index is 0.152. The van der Waals surface area contributed by atoms with Crippen LogP contribution in [0.1, 0.15) is 15.9 Å². The average molecular weight is 398 g/mol. The van der Waals surface area contributed by atoms with Gasteiger partial charge in [0.1, 0.15) is 5.92 Å². The summed E-state index contributed by atoms with van der Waals surface area (Å²) >= 11 is 0. The number of rotatable bonds is 5. The van der Waals surface area contributed by atoms with Crippen LogP contribution in [0.5, 0.6) is 0 Å². The molecule has 0 aliphatic heterocycles. The number of hydrogen-bond acceptors (Lipinski definition) is 5. The highest BCUT2D eigenvalue weighted by molar-refractivity contribution is 6.06. The van der Waals surface area contributed by atoms with Gasteiger partial charge >= 0.3 is 5.97 Å². The van der Waals surface area contributed by atoms with E-state index in [1.54, 1.807) is 42.7 Å². The molecule has 4 rings (SSSR count). The molecular formula is C23H18N4O3. The molecule has 2 N–H and O–H groups in total. The van der Waals surface area contributed by atoms with E-state index >= 15 is 0 Å². The van der Waals surface area contributed by atoms with Gasteiger partial charge in [0.25, 0.3) is 0 Å². The van der Waals surface area contributed by atoms with Crippen molar-refractivity contribution in [2.75, 3.05) is 12.4 Å². The number of ether oxygens (including phenoxy) is 1. The van der Waals surface area contributed by atoms with Crippen LogP contribution < -0.4 is 5.32 Å². The van der Waals surface area contributed by atoms with Crippen LogP contribution in [0.4, 0.5) is 5.69 Å². The fourth-order valence-electron chi connectivity index (χ4n) is 3.55. The van der Waals surface area contributed by atoms with E-state index in [9.17, 15) is 14.9 Å². The number of esters is 1. The zero-order valence-corrected chi connectivity index (χ0v) is 16.2. The summed E-state index contributed by atoms with van der Waals surface area (Å²) in [6.07, 6.45) is 3.55. The average Bonchev–Trinajstić information content (AvgIpc) is 3.20. The molecule has 0 aliphatic rings. The van der Waals surface area contributed by atoms with Crippen LogP contribution in [0.15, 0.2) is 60.9 Å². The number of methoxy groups -OCH3 is 1. The summed E-state index contributed by atoms with van der Waals surface area (Å²) in [6, 6.07) is 16.4. The summed E-state index contributed by atoms with van der Waals surface area (Å²) in [5, 5.41) is 14.0. The number of carbonyl (C=O) groups excluding carboxylic acids is 2. The van der Waals surface area contributed by atoms with Gasteiger partial charge in [0, 0.05) is 28.7 Å². The number of carbonyl (C=O) groups is 2. The number of anilines is 1. The van der Waals surface area contributed by atoms with Crippen molar-refractivity contribution >= 4 is 39.4 Å². The Bertz CT molecular complexity index is 1300. The van der Waals surface area contributed by atoms with E-state index in [0.717, 1.165) is 16.4 Å². The predicted molar refractivity (Wildman–Crippen MR) is 113 cm³/mol. The summed E-state index contributed by atoms with van der Waals surface area (Å²) in [7, 11) is 1.32. The maximum atomic E-state index is 12.9. The van der Waals surface area contributed by atoms with Crippen LogP contribution in [0.2, 0.25) is 0 Å². The maximum Gasteiger partial charge on any atom is 0.338 e. The molecule has 1 atom stereocenters. The van der Waals surface area contributed by atoms with Crippen LogP contribution in [0.25, 0.3) is 21.8 Å². The molecule has 30 heavy (non-hydrogen) atoms. The Morgan fingerprint density at radius 2 is 2.03 bits per heavy atom. The first-order valence-corrected chi connectivity index (χ1v) is 9.34. The quantitative estimate of drug-likeness (QED) is 0.497. The van der Waals surface area contributed by atoms with Gasteiger partial charge < -0.3 is 15.0 Å². The molecule has 0 fully saturated rings. The fourth-order valence-corrected chi connectivity index (χ4v) is 3.55. The first-order valence-electron chi connectivity index (χ1n) is 9.34. The Morgan fingerprint density at radius 3 is 2.83 bits per heavy atom. The van der Waals surface area contributed by atoms with Crippen molar-refractivity contribution in [1.82, 2.24) is 9.97 Å². The second-order valence-corrected chi connectivity index (χ2v) is 6.78. The van der Waals surface area contributed by atoms with E-state index in [4.69, 9.17) is 4.74 Å². The van der Waals surface area contributed by atoms with E-state index in [1.807, 2.05) is 18.2 Å². The summed E-state index contributed by atoms with van der Waals surface area (Å²) in [4.78, 5) is 32.4. The van der Waals surface area contributed by atoms with Crippen LogP contribution in [-0.2, 0) is 16.0 Å². The molecule has 1 unspecified atom stereocenters. The molecule has 0 radical (unpaired) electrons. The molecule has 4 aromatic rings. The lowest BCUT2D eigenvalue weighted by Gasteiger charge is -2.12. The first kappa shape index (κ1) is 19.2. The lowest BCUT2D eigenvalue weighted by Crippen LogP contribution is -2.23. The molecule has 7 nitrogen and oxygen atoms in total. The minimum atomic E-state index is -0.943. The van der Waals surface area contributed by atoms with Crippen molar-refractivity contribution < 1.29 is 14.3 Å². The SMILES string of the molecule is COC(=O)c1cccc2[nH]cc(CC(C#N)C(=O)Nc3cccc4ncccc34)c12. The van der Waals surface area contributed by atoms with Crippen molar-refractivity contribution in [2.45, 2.75) is 6.42 Å². The van der Waals surface area contributed by atoms with E-state index in [1.165, 1.54) is 7.11 Å². The number of nitrogens with zero attached hydrogens (tertiary/aromatic N) is 2. The number of H-pyrrole nitrogens is 1. The zero-order chi connectivity index (χ0) is 21.1. The van der Waals surface area contributed by atoms with Gasteiger partial charge in [0.15, 0.2) is 0 Å². The van der Waals surface area contributed by atoms with Crippen LogP contribution in [0, 0.1) is 17.2 Å². The monoisotopic (exact) mass is 398 g/mol. The predicted octanol–water partition coefficient (Wildman–Crippen LogP) is 3.82. The van der Waals surface area contributed by atoms with E-state index in [-0.39, 0.29) is 6.42 Å². The van der Waals surface area contributed by atoms with Gasteiger partial charge in [-0.25, -0.2) is 4.79 Å². The van der Waals surface area contributed by atoms with Crippen molar-refractivity contribution in [3.63, 3.8) is 0 Å². The Kier molecular flexibility index (Phi) is 5.14. The molecule has 2 aromatic carbocycles. The van der Waals surface area contributed by atoms with Crippen LogP contribution >= 0.6 is 0 Å². The lowest BCUT2D eigenvalue weighted by molar-refractivity contribution is -0.118. The van der Waals surface area contributed by atoms with Crippen molar-refractivity contribution in [3.05, 3.63) is 72.1 Å². The summed E-state index contributed by atoms with van der Waals surface area (Å²) in [6.45, 7) is 0. The fraction of sp³-hybridized carbons (Fsp3) is 0.130. The van der Waals surface area contributed by atoms with E-state index in [0.29, 0.717) is 22.2 Å². The van der Waals surface area contributed by atoms with Gasteiger partial charge in [-0.15, -0.1) is 0 Å². The maximum absolute atomic E-state index is 12.9. The summed E-state index contributed by atoms with van der Waals surface area (Å²) in [5.74, 6) is -1.83. The van der Waals surface area contributed by atoms with Crippen molar-refractivity contribution in [1.29, 1.82) is 5.26 Å². The number of fused-ring (bicyclic) bond motifs is 2. The van der Waals surface area contributed by atoms with Gasteiger partial charge in [0.2, 0.25) is 5.91 Å². The third-order valence-corrected chi connectivity index (χ3v) is 4.99. The Labute approximate surface area is 172 Å². The highest BCUT2D eigenvalue weighted by Gasteiger charge is 2.23. The third kappa shape index (κ3) is 3.47. The molecule has 0 aliphatic carbocycles. The molecule has 0 saturated heterocycles. The van der Waals surface area contributed by atoms with Crippen molar-refractivity contribution in [2.24, 2.45) is 5.92 Å². The molecule has 148 valence electrons. The van der Waals surface area contributed by atoms with Gasteiger partial charge in [-0.2, -0.15) is 5.26 Å². The number of amides is 1. The highest BCUT2D eigenvalue weighted by Crippen LogP contribution is 2.27. The zero-order valence-electron chi connectivity index (χ0n) is 16.2. The molecule has 0 saturated carbocycles. The van der Waals surface area contributed by atoms with Crippen LogP contribution in [-0.4, -0.2) is 29.0 Å². The second kappa shape index (κ2) is 8.05. The summed E-state index contributed by atoms with van der Waals surface area (Å²) in [5.41, 5.74) is 3.18. The molecule has 7 heteroatoms. The lowest BCUT2D eigenvalue weighted by atomic mass is 9.97. The Hall–Kier alpha value is -4.18. The number of nitrogens with one attached hydrogen (secondary N) is 2. The van der Waals surface area contributed by atoms with Gasteiger partial charge in [-0.1, -0.05) is 12.1 Å². The number of pyridine rings is 1. The molecule has 1 amide bonds. The van der Waals surface area contributed by atoms with Crippen molar-refractivity contribution in [3.8, 4) is 6.07 Å². The smallest absolute Gasteiger partial charge is 0.338 e. The minimum Gasteiger partial charge on any atom is -0.465 e. The first-order chi connectivity index (χ1) is 14.6. The highest BCUT2D eigenvalue weighted by atomic mass is 16.5.